The first-order valence-corrected chi connectivity index (χ1v) is 14.0. The zero-order valence-corrected chi connectivity index (χ0v) is 23.9. The number of amides is 3. The van der Waals surface area contributed by atoms with Gasteiger partial charge in [-0.25, -0.2) is 9.37 Å². The molecule has 3 amide bonds. The number of rotatable bonds is 11. The number of halogens is 1. The lowest BCUT2D eigenvalue weighted by molar-refractivity contribution is -0.137. The molecule has 0 aliphatic carbocycles. The van der Waals surface area contributed by atoms with Gasteiger partial charge in [0.25, 0.3) is 5.91 Å². The molecule has 4 rings (SSSR count). The van der Waals surface area contributed by atoms with Crippen molar-refractivity contribution in [3.8, 4) is 0 Å². The summed E-state index contributed by atoms with van der Waals surface area (Å²) in [6, 6.07) is 14.9. The summed E-state index contributed by atoms with van der Waals surface area (Å²) in [6.45, 7) is 6.23. The maximum absolute atomic E-state index is 13.8. The van der Waals surface area contributed by atoms with E-state index in [1.54, 1.807) is 48.6 Å². The highest BCUT2D eigenvalue weighted by Gasteiger charge is 2.41. The van der Waals surface area contributed by atoms with Crippen molar-refractivity contribution in [2.24, 2.45) is 5.73 Å². The van der Waals surface area contributed by atoms with Crippen LogP contribution in [0, 0.1) is 5.82 Å². The Hall–Kier alpha value is -4.05. The van der Waals surface area contributed by atoms with Gasteiger partial charge >= 0.3 is 0 Å². The molecule has 2 heterocycles. The quantitative estimate of drug-likeness (QED) is 0.330. The van der Waals surface area contributed by atoms with Crippen molar-refractivity contribution < 1.29 is 18.8 Å². The number of anilines is 1. The molecule has 1 saturated heterocycles. The highest BCUT2D eigenvalue weighted by Crippen LogP contribution is 2.31. The number of nitrogens with zero attached hydrogens (tertiary/aromatic N) is 3. The molecule has 1 aliphatic heterocycles. The number of likely N-dealkylation sites (tertiary alicyclic amines) is 1. The van der Waals surface area contributed by atoms with Gasteiger partial charge in [-0.2, -0.15) is 0 Å². The van der Waals surface area contributed by atoms with Gasteiger partial charge in [0, 0.05) is 19.3 Å². The second kappa shape index (κ2) is 12.6. The summed E-state index contributed by atoms with van der Waals surface area (Å²) in [5.41, 5.74) is 5.35. The van der Waals surface area contributed by atoms with Gasteiger partial charge in [0.1, 0.15) is 17.4 Å². The average molecular weight is 563 g/mol. The van der Waals surface area contributed by atoms with E-state index in [1.165, 1.54) is 18.5 Å². The van der Waals surface area contributed by atoms with Gasteiger partial charge in [-0.05, 0) is 76.1 Å². The van der Waals surface area contributed by atoms with Crippen LogP contribution in [0.15, 0.2) is 67.1 Å². The number of benzene rings is 2. The normalized spacial score (nSPS) is 15.7. The summed E-state index contributed by atoms with van der Waals surface area (Å²) in [5, 5.41) is 5.58. The van der Waals surface area contributed by atoms with Crippen LogP contribution in [0.3, 0.4) is 0 Å². The summed E-state index contributed by atoms with van der Waals surface area (Å²) >= 11 is 0. The molecule has 10 heteroatoms. The smallest absolute Gasteiger partial charge is 0.253 e. The molecule has 0 bridgehead atoms. The molecule has 1 aliphatic rings. The minimum atomic E-state index is -1.21. The molecule has 4 N–H and O–H groups in total. The van der Waals surface area contributed by atoms with Crippen molar-refractivity contribution in [1.29, 1.82) is 0 Å². The molecule has 2 aromatic carbocycles. The fourth-order valence-electron chi connectivity index (χ4n) is 5.00. The van der Waals surface area contributed by atoms with Gasteiger partial charge in [0.2, 0.25) is 11.8 Å². The van der Waals surface area contributed by atoms with Crippen LogP contribution in [0.1, 0.15) is 57.6 Å². The number of aryl methyl sites for hydroxylation is 1. The Kier molecular flexibility index (Phi) is 9.22. The first-order chi connectivity index (χ1) is 19.5. The number of imidazole rings is 1. The fourth-order valence-corrected chi connectivity index (χ4v) is 5.00. The molecule has 0 saturated carbocycles. The zero-order valence-electron chi connectivity index (χ0n) is 23.9. The molecule has 1 aromatic heterocycles. The lowest BCUT2D eigenvalue weighted by Gasteiger charge is -2.34. The van der Waals surface area contributed by atoms with Crippen LogP contribution in [0.2, 0.25) is 0 Å². The van der Waals surface area contributed by atoms with Crippen LogP contribution in [-0.2, 0) is 26.3 Å². The van der Waals surface area contributed by atoms with Crippen molar-refractivity contribution in [2.45, 2.75) is 70.0 Å². The van der Waals surface area contributed by atoms with Gasteiger partial charge in [-0.1, -0.05) is 42.5 Å². The van der Waals surface area contributed by atoms with E-state index in [0.29, 0.717) is 31.5 Å². The number of hydrogen-bond acceptors (Lipinski definition) is 5. The van der Waals surface area contributed by atoms with E-state index in [-0.39, 0.29) is 11.7 Å². The summed E-state index contributed by atoms with van der Waals surface area (Å²) in [7, 11) is 0. The van der Waals surface area contributed by atoms with Crippen molar-refractivity contribution in [1.82, 2.24) is 19.8 Å². The number of nitrogens with one attached hydrogen (secondary N) is 2. The standard InChI is InChI=1S/C31H39FN6O3/c1-30(2,33)28(40)35-25(13-9-12-22-10-5-4-6-11-22)27(39)36-26-20-38(21-34-26)31(3,23-14-16-24(32)17-15-23)29(41)37-18-7-8-19-37/h4-6,10-11,14-17,20-21,25H,7-9,12-13,18-19,33H2,1-3H3,(H,35,40)(H,36,39). The van der Waals surface area contributed by atoms with Crippen molar-refractivity contribution in [2.75, 3.05) is 18.4 Å². The minimum absolute atomic E-state index is 0.131. The SMILES string of the molecule is CC(C)(N)C(=O)NC(CCCc1ccccc1)C(=O)Nc1cn(C(C)(C(=O)N2CCCC2)c2ccc(F)cc2)cn1. The third-order valence-corrected chi connectivity index (χ3v) is 7.57. The van der Waals surface area contributed by atoms with E-state index < -0.39 is 34.8 Å². The van der Waals surface area contributed by atoms with E-state index in [2.05, 4.69) is 15.6 Å². The highest BCUT2D eigenvalue weighted by molar-refractivity contribution is 5.98. The highest BCUT2D eigenvalue weighted by atomic mass is 19.1. The summed E-state index contributed by atoms with van der Waals surface area (Å²) in [6.07, 6.45) is 6.72. The predicted molar refractivity (Wildman–Crippen MR) is 155 cm³/mol. The van der Waals surface area contributed by atoms with Crippen molar-refractivity contribution in [3.05, 3.63) is 84.1 Å². The van der Waals surface area contributed by atoms with E-state index in [9.17, 15) is 18.8 Å². The van der Waals surface area contributed by atoms with Crippen LogP contribution in [-0.4, -0.2) is 56.8 Å². The van der Waals surface area contributed by atoms with Crippen LogP contribution < -0.4 is 16.4 Å². The summed E-state index contributed by atoms with van der Waals surface area (Å²) < 4.78 is 15.4. The Morgan fingerprint density at radius 2 is 1.68 bits per heavy atom. The van der Waals surface area contributed by atoms with Crippen molar-refractivity contribution in [3.63, 3.8) is 0 Å². The molecular formula is C31H39FN6O3. The largest absolute Gasteiger partial charge is 0.343 e. The zero-order chi connectivity index (χ0) is 29.6. The maximum Gasteiger partial charge on any atom is 0.253 e. The van der Waals surface area contributed by atoms with E-state index in [0.717, 1.165) is 24.8 Å². The molecule has 9 nitrogen and oxygen atoms in total. The Morgan fingerprint density at radius 3 is 2.32 bits per heavy atom. The first-order valence-electron chi connectivity index (χ1n) is 14.0. The van der Waals surface area contributed by atoms with Gasteiger partial charge < -0.3 is 25.8 Å². The molecule has 3 aromatic rings. The van der Waals surface area contributed by atoms with Crippen LogP contribution in [0.4, 0.5) is 10.2 Å². The van der Waals surface area contributed by atoms with E-state index in [4.69, 9.17) is 5.73 Å². The van der Waals surface area contributed by atoms with Crippen LogP contribution >= 0.6 is 0 Å². The third kappa shape index (κ3) is 7.18. The summed E-state index contributed by atoms with van der Waals surface area (Å²) in [4.78, 5) is 46.0. The molecule has 2 atom stereocenters. The second-order valence-electron chi connectivity index (χ2n) is 11.4. The topological polar surface area (TPSA) is 122 Å². The molecule has 0 radical (unpaired) electrons. The van der Waals surface area contributed by atoms with Gasteiger partial charge in [0.15, 0.2) is 5.82 Å². The van der Waals surface area contributed by atoms with Gasteiger partial charge in [-0.15, -0.1) is 0 Å². The van der Waals surface area contributed by atoms with Crippen molar-refractivity contribution >= 4 is 23.5 Å². The number of aromatic nitrogens is 2. The molecular weight excluding hydrogens is 523 g/mol. The summed E-state index contributed by atoms with van der Waals surface area (Å²) in [5.74, 6) is -1.18. The molecule has 1 fully saturated rings. The van der Waals surface area contributed by atoms with E-state index >= 15 is 0 Å². The Balaban J connectivity index is 1.54. The van der Waals surface area contributed by atoms with Gasteiger partial charge in [0.05, 0.1) is 11.9 Å². The molecule has 0 spiro atoms. The lowest BCUT2D eigenvalue weighted by atomic mass is 9.90. The predicted octanol–water partition coefficient (Wildman–Crippen LogP) is 3.59. The van der Waals surface area contributed by atoms with Gasteiger partial charge in [-0.3, -0.25) is 14.4 Å². The van der Waals surface area contributed by atoms with E-state index in [1.807, 2.05) is 30.3 Å². The average Bonchev–Trinajstić information content (AvgIpc) is 3.65. The molecule has 41 heavy (non-hydrogen) atoms. The maximum atomic E-state index is 13.8. The number of carbonyl (C=O) groups is 3. The minimum Gasteiger partial charge on any atom is -0.343 e. The number of carbonyl (C=O) groups excluding carboxylic acids is 3. The number of nitrogens with two attached hydrogens (primary N) is 1. The van der Waals surface area contributed by atoms with Crippen LogP contribution in [0.5, 0.6) is 0 Å². The van der Waals surface area contributed by atoms with Crippen LogP contribution in [0.25, 0.3) is 0 Å². The number of hydrogen-bond donors (Lipinski definition) is 3. The third-order valence-electron chi connectivity index (χ3n) is 7.57. The molecule has 2 unspecified atom stereocenters. The first kappa shape index (κ1) is 29.9. The second-order valence-corrected chi connectivity index (χ2v) is 11.4. The molecule has 218 valence electrons. The monoisotopic (exact) mass is 562 g/mol. The Bertz CT molecular complexity index is 1350. The lowest BCUT2D eigenvalue weighted by Crippen LogP contribution is -2.54. The Morgan fingerprint density at radius 1 is 1.02 bits per heavy atom. The Labute approximate surface area is 240 Å². The fraction of sp³-hybridized carbons (Fsp3) is 0.419.